The van der Waals surface area contributed by atoms with Crippen molar-refractivity contribution in [2.24, 2.45) is 0 Å². The molecule has 0 amide bonds. The van der Waals surface area contributed by atoms with Gasteiger partial charge in [0, 0.05) is 5.56 Å². The predicted molar refractivity (Wildman–Crippen MR) is 86.7 cm³/mol. The molecule has 3 bridgehead atoms. The molecule has 6 aliphatic rings. The molecule has 144 valence electrons. The first-order valence-electron chi connectivity index (χ1n) is 8.69. The van der Waals surface area contributed by atoms with Gasteiger partial charge in [-0.15, -0.1) is 0 Å². The van der Waals surface area contributed by atoms with Crippen LogP contribution in [0.15, 0.2) is 41.7 Å². The number of ether oxygens (including phenoxy) is 2. The molecule has 2 spiro atoms. The lowest BCUT2D eigenvalue weighted by Crippen LogP contribution is -2.53. The van der Waals surface area contributed by atoms with Crippen molar-refractivity contribution >= 4 is 11.6 Å². The quantitative estimate of drug-likeness (QED) is 0.248. The molecule has 9 heteroatoms. The van der Waals surface area contributed by atoms with Crippen molar-refractivity contribution in [2.45, 2.75) is 42.2 Å². The van der Waals surface area contributed by atoms with Gasteiger partial charge in [-0.1, -0.05) is 12.1 Å². The van der Waals surface area contributed by atoms with Crippen molar-refractivity contribution in [3.63, 3.8) is 0 Å². The van der Waals surface area contributed by atoms with Crippen molar-refractivity contribution < 1.29 is 44.2 Å². The number of Topliss-reactive ketones (excluding diaryl/α,β-unsaturated/α-hetero) is 2. The number of carbonyl (C=O) groups is 2. The first-order chi connectivity index (χ1) is 13.1. The van der Waals surface area contributed by atoms with E-state index in [2.05, 4.69) is 0 Å². The Morgan fingerprint density at radius 2 is 1.93 bits per heavy atom. The molecule has 28 heavy (non-hydrogen) atoms. The van der Waals surface area contributed by atoms with E-state index in [1.807, 2.05) is 0 Å². The van der Waals surface area contributed by atoms with Gasteiger partial charge in [-0.3, -0.25) is 9.59 Å². The summed E-state index contributed by atoms with van der Waals surface area (Å²) in [5.74, 6) is -6.76. The standard InChI is InChI=1S/C19H14O9/c1-16-7-17-5-6-18(28-27-17)11(14(25-17)19(23,24)15(16)26-16)12(21)8-3-2-4-9(20)10(8)13(18)22/h2-6,15,20,23-24H,7H2,1H3/t15-,16-,17-,18-/m1/s1. The molecule has 3 N–H and O–H groups in total. The van der Waals surface area contributed by atoms with Crippen LogP contribution in [0.4, 0.5) is 0 Å². The predicted octanol–water partition coefficient (Wildman–Crippen LogP) is 0.251. The van der Waals surface area contributed by atoms with Gasteiger partial charge in [0.15, 0.2) is 11.5 Å². The van der Waals surface area contributed by atoms with E-state index in [0.29, 0.717) is 0 Å². The minimum atomic E-state index is -2.69. The molecule has 1 aromatic rings. The van der Waals surface area contributed by atoms with Crippen LogP contribution in [-0.2, 0) is 19.2 Å². The van der Waals surface area contributed by atoms with Crippen LogP contribution >= 0.6 is 0 Å². The maximum Gasteiger partial charge on any atom is 0.262 e. The lowest BCUT2D eigenvalue weighted by atomic mass is 9.72. The van der Waals surface area contributed by atoms with E-state index >= 15 is 0 Å². The number of ketones is 2. The van der Waals surface area contributed by atoms with Crippen molar-refractivity contribution in [2.75, 3.05) is 0 Å². The molecule has 7 rings (SSSR count). The number of rotatable bonds is 0. The molecule has 5 heterocycles. The number of phenolic OH excluding ortho intramolecular Hbond substituents is 1. The van der Waals surface area contributed by atoms with E-state index < -0.39 is 57.5 Å². The highest BCUT2D eigenvalue weighted by Crippen LogP contribution is 2.59. The molecule has 2 saturated heterocycles. The minimum Gasteiger partial charge on any atom is -0.507 e. The van der Waals surface area contributed by atoms with Crippen LogP contribution in [0.3, 0.4) is 0 Å². The number of aliphatic hydroxyl groups is 2. The molecule has 0 radical (unpaired) electrons. The van der Waals surface area contributed by atoms with Gasteiger partial charge in [-0.2, -0.15) is 4.89 Å². The van der Waals surface area contributed by atoms with Crippen LogP contribution in [0.1, 0.15) is 34.1 Å². The number of carbonyl (C=O) groups excluding carboxylic acids is 2. The lowest BCUT2D eigenvalue weighted by Gasteiger charge is -2.37. The molecule has 4 atom stereocenters. The maximum absolute atomic E-state index is 13.3. The number of aromatic hydroxyl groups is 1. The molecular weight excluding hydrogens is 372 g/mol. The summed E-state index contributed by atoms with van der Waals surface area (Å²) in [4.78, 5) is 37.5. The average molecular weight is 386 g/mol. The van der Waals surface area contributed by atoms with Gasteiger partial charge in [-0.05, 0) is 25.1 Å². The fraction of sp³-hybridized carbons (Fsp3) is 0.368. The van der Waals surface area contributed by atoms with E-state index in [9.17, 15) is 24.9 Å². The van der Waals surface area contributed by atoms with Crippen LogP contribution in [0, 0.1) is 0 Å². The highest BCUT2D eigenvalue weighted by atomic mass is 17.2. The number of hydrogen-bond donors (Lipinski definition) is 3. The molecule has 0 unspecified atom stereocenters. The van der Waals surface area contributed by atoms with E-state index in [4.69, 9.17) is 19.2 Å². The second kappa shape index (κ2) is 4.37. The van der Waals surface area contributed by atoms with Gasteiger partial charge < -0.3 is 24.8 Å². The third kappa shape index (κ3) is 1.62. The van der Waals surface area contributed by atoms with Gasteiger partial charge >= 0.3 is 0 Å². The van der Waals surface area contributed by atoms with E-state index in [1.165, 1.54) is 30.4 Å². The number of fused-ring (bicyclic) bond motifs is 3. The molecule has 2 fully saturated rings. The van der Waals surface area contributed by atoms with E-state index in [-0.39, 0.29) is 17.5 Å². The second-order valence-electron chi connectivity index (χ2n) is 7.93. The second-order valence-corrected chi connectivity index (χ2v) is 7.93. The van der Waals surface area contributed by atoms with E-state index in [0.717, 1.165) is 0 Å². The van der Waals surface area contributed by atoms with Gasteiger partial charge in [0.25, 0.3) is 11.6 Å². The molecule has 0 aromatic heterocycles. The van der Waals surface area contributed by atoms with Gasteiger partial charge in [0.2, 0.25) is 11.4 Å². The minimum absolute atomic E-state index is 0.0392. The lowest BCUT2D eigenvalue weighted by molar-refractivity contribution is -0.429. The SMILES string of the molecule is C[C@@]12C[C@@]34C=C[C@]5(OO3)C(=O)c3c(O)cccc3C(=O)C5=C(O4)C(O)(O)[C@@H]1O2. The Labute approximate surface area is 157 Å². The summed E-state index contributed by atoms with van der Waals surface area (Å²) >= 11 is 0. The zero-order valence-corrected chi connectivity index (χ0v) is 14.5. The number of hydrogen-bond acceptors (Lipinski definition) is 9. The Balaban J connectivity index is 1.72. The average Bonchev–Trinajstić information content (AvgIpc) is 3.38. The normalized spacial score (nSPS) is 41.5. The molecule has 0 saturated carbocycles. The van der Waals surface area contributed by atoms with Crippen molar-refractivity contribution in [1.29, 1.82) is 0 Å². The smallest absolute Gasteiger partial charge is 0.262 e. The fourth-order valence-corrected chi connectivity index (χ4v) is 4.66. The Morgan fingerprint density at radius 1 is 1.14 bits per heavy atom. The Morgan fingerprint density at radius 3 is 2.64 bits per heavy atom. The Bertz CT molecular complexity index is 1070. The monoisotopic (exact) mass is 386 g/mol. The zero-order chi connectivity index (χ0) is 19.7. The first kappa shape index (κ1) is 16.4. The van der Waals surface area contributed by atoms with Gasteiger partial charge in [-0.25, -0.2) is 4.89 Å². The summed E-state index contributed by atoms with van der Waals surface area (Å²) in [5.41, 5.74) is -3.84. The summed E-state index contributed by atoms with van der Waals surface area (Å²) in [7, 11) is 0. The van der Waals surface area contributed by atoms with Crippen LogP contribution < -0.4 is 0 Å². The summed E-state index contributed by atoms with van der Waals surface area (Å²) in [6.07, 6.45) is 1.67. The highest BCUT2D eigenvalue weighted by molar-refractivity contribution is 6.28. The summed E-state index contributed by atoms with van der Waals surface area (Å²) < 4.78 is 11.3. The largest absolute Gasteiger partial charge is 0.507 e. The number of phenols is 1. The zero-order valence-electron chi connectivity index (χ0n) is 14.5. The van der Waals surface area contributed by atoms with Crippen molar-refractivity contribution in [1.82, 2.24) is 0 Å². The van der Waals surface area contributed by atoms with Gasteiger partial charge in [0.05, 0.1) is 17.6 Å². The van der Waals surface area contributed by atoms with Crippen LogP contribution in [0.5, 0.6) is 5.75 Å². The van der Waals surface area contributed by atoms with Gasteiger partial charge in [0.1, 0.15) is 17.5 Å². The Hall–Kier alpha value is -2.56. The molecule has 1 aliphatic carbocycles. The number of benzene rings is 1. The fourth-order valence-electron chi connectivity index (χ4n) is 4.66. The molecule has 1 aromatic carbocycles. The molecule has 5 aliphatic heterocycles. The first-order valence-corrected chi connectivity index (χ1v) is 8.69. The Kier molecular flexibility index (Phi) is 2.56. The van der Waals surface area contributed by atoms with Crippen molar-refractivity contribution in [3.8, 4) is 5.75 Å². The molecule has 9 nitrogen and oxygen atoms in total. The van der Waals surface area contributed by atoms with Crippen LogP contribution in [0.2, 0.25) is 0 Å². The summed E-state index contributed by atoms with van der Waals surface area (Å²) in [6, 6.07) is 4.04. The summed E-state index contributed by atoms with van der Waals surface area (Å²) in [5, 5.41) is 31.9. The van der Waals surface area contributed by atoms with E-state index in [1.54, 1.807) is 6.92 Å². The third-order valence-electron chi connectivity index (χ3n) is 6.02. The number of epoxide rings is 1. The third-order valence-corrected chi connectivity index (χ3v) is 6.02. The molecular formula is C19H14O9. The topological polar surface area (TPSA) is 135 Å². The van der Waals surface area contributed by atoms with Crippen LogP contribution in [0.25, 0.3) is 0 Å². The maximum atomic E-state index is 13.3. The van der Waals surface area contributed by atoms with Crippen LogP contribution in [-0.4, -0.2) is 55.8 Å². The van der Waals surface area contributed by atoms with Crippen molar-refractivity contribution in [3.05, 3.63) is 52.8 Å². The summed E-state index contributed by atoms with van der Waals surface area (Å²) in [6.45, 7) is 1.65. The highest BCUT2D eigenvalue weighted by Gasteiger charge is 2.75.